The highest BCUT2D eigenvalue weighted by atomic mass is 32.2. The van der Waals surface area contributed by atoms with Crippen molar-refractivity contribution in [1.82, 2.24) is 15.0 Å². The number of nitrogens with one attached hydrogen (secondary N) is 1. The second kappa shape index (κ2) is 6.38. The summed E-state index contributed by atoms with van der Waals surface area (Å²) in [7, 11) is -3.79. The molecule has 1 aromatic carbocycles. The molecule has 132 valence electrons. The number of fused-ring (bicyclic) bond motifs is 1. The number of anilines is 1. The van der Waals surface area contributed by atoms with Crippen molar-refractivity contribution in [3.05, 3.63) is 70.6 Å². The Hall–Kier alpha value is -3.00. The number of hydrogen-bond acceptors (Lipinski definition) is 5. The molecule has 1 N–H and O–H groups in total. The zero-order valence-corrected chi connectivity index (χ0v) is 14.6. The second-order valence-corrected chi connectivity index (χ2v) is 7.79. The first-order valence-electron chi connectivity index (χ1n) is 8.20. The lowest BCUT2D eigenvalue weighted by Crippen LogP contribution is -2.39. The van der Waals surface area contributed by atoms with Crippen LogP contribution in [0.2, 0.25) is 0 Å². The number of benzene rings is 1. The van der Waals surface area contributed by atoms with E-state index in [4.69, 9.17) is 0 Å². The third kappa shape index (κ3) is 2.78. The molecular weight excluding hydrogens is 352 g/mol. The SMILES string of the molecule is O=c1[nH]c(-c2ccccn2)nc2c1CCCN2S(=O)(=O)c1ccccc1. The van der Waals surface area contributed by atoms with Crippen LogP contribution in [0.25, 0.3) is 11.5 Å². The minimum absolute atomic E-state index is 0.175. The lowest BCUT2D eigenvalue weighted by atomic mass is 10.1. The molecule has 26 heavy (non-hydrogen) atoms. The first-order valence-corrected chi connectivity index (χ1v) is 9.64. The summed E-state index contributed by atoms with van der Waals surface area (Å²) in [6.45, 7) is 0.280. The van der Waals surface area contributed by atoms with Crippen LogP contribution in [0.3, 0.4) is 0 Å². The van der Waals surface area contributed by atoms with Crippen LogP contribution in [0, 0.1) is 0 Å². The fourth-order valence-electron chi connectivity index (χ4n) is 3.00. The quantitative estimate of drug-likeness (QED) is 0.762. The first-order chi connectivity index (χ1) is 12.6. The molecule has 3 aromatic rings. The molecule has 4 rings (SSSR count). The molecule has 7 nitrogen and oxygen atoms in total. The molecule has 0 fully saturated rings. The molecule has 0 aliphatic carbocycles. The number of H-pyrrole nitrogens is 1. The minimum Gasteiger partial charge on any atom is -0.305 e. The van der Waals surface area contributed by atoms with Crippen molar-refractivity contribution in [1.29, 1.82) is 0 Å². The number of aromatic nitrogens is 3. The summed E-state index contributed by atoms with van der Waals surface area (Å²) in [6, 6.07) is 13.4. The van der Waals surface area contributed by atoms with Gasteiger partial charge in [-0.05, 0) is 37.1 Å². The Kier molecular flexibility index (Phi) is 4.04. The summed E-state index contributed by atoms with van der Waals surface area (Å²) < 4.78 is 27.4. The average molecular weight is 368 g/mol. The molecule has 2 aromatic heterocycles. The van der Waals surface area contributed by atoms with Gasteiger partial charge >= 0.3 is 0 Å². The lowest BCUT2D eigenvalue weighted by molar-refractivity contribution is 0.585. The third-order valence-electron chi connectivity index (χ3n) is 4.26. The molecule has 0 bridgehead atoms. The predicted octanol–water partition coefficient (Wildman–Crippen LogP) is 1.97. The van der Waals surface area contributed by atoms with E-state index in [1.165, 1.54) is 16.4 Å². The van der Waals surface area contributed by atoms with Crippen molar-refractivity contribution < 1.29 is 8.42 Å². The van der Waals surface area contributed by atoms with Gasteiger partial charge in [0.2, 0.25) is 0 Å². The van der Waals surface area contributed by atoms with Crippen LogP contribution in [0.5, 0.6) is 0 Å². The van der Waals surface area contributed by atoms with Crippen LogP contribution >= 0.6 is 0 Å². The monoisotopic (exact) mass is 368 g/mol. The maximum Gasteiger partial charge on any atom is 0.265 e. The Bertz CT molecular complexity index is 1100. The zero-order valence-electron chi connectivity index (χ0n) is 13.8. The number of rotatable bonds is 3. The number of pyridine rings is 1. The van der Waals surface area contributed by atoms with E-state index < -0.39 is 10.0 Å². The van der Waals surface area contributed by atoms with Gasteiger partial charge in [0.25, 0.3) is 15.6 Å². The van der Waals surface area contributed by atoms with E-state index in [-0.39, 0.29) is 28.6 Å². The fourth-order valence-corrected chi connectivity index (χ4v) is 4.50. The van der Waals surface area contributed by atoms with Gasteiger partial charge in [-0.1, -0.05) is 24.3 Å². The maximum absolute atomic E-state index is 13.1. The van der Waals surface area contributed by atoms with Crippen molar-refractivity contribution in [2.75, 3.05) is 10.8 Å². The summed E-state index contributed by atoms with van der Waals surface area (Å²) >= 11 is 0. The van der Waals surface area contributed by atoms with Gasteiger partial charge in [0.15, 0.2) is 11.6 Å². The van der Waals surface area contributed by atoms with E-state index in [2.05, 4.69) is 15.0 Å². The molecule has 0 saturated heterocycles. The molecule has 0 saturated carbocycles. The van der Waals surface area contributed by atoms with Crippen LogP contribution in [-0.4, -0.2) is 29.9 Å². The summed E-state index contributed by atoms with van der Waals surface area (Å²) in [4.78, 5) is 24.0. The standard InChI is InChI=1S/C18H16N4O3S/c23-18-14-9-6-12-22(26(24,25)13-7-2-1-3-8-13)17(14)20-16(21-18)15-10-4-5-11-19-15/h1-5,7-8,10-11H,6,9,12H2,(H,20,21,23). The average Bonchev–Trinajstić information content (AvgIpc) is 2.69. The molecule has 8 heteroatoms. The van der Waals surface area contributed by atoms with Gasteiger partial charge in [0.05, 0.1) is 10.5 Å². The van der Waals surface area contributed by atoms with Crippen molar-refractivity contribution in [2.45, 2.75) is 17.7 Å². The van der Waals surface area contributed by atoms with Crippen LogP contribution in [0.1, 0.15) is 12.0 Å². The first kappa shape index (κ1) is 16.5. The molecule has 0 radical (unpaired) electrons. The summed E-state index contributed by atoms with van der Waals surface area (Å²) in [5.74, 6) is 0.439. The van der Waals surface area contributed by atoms with Gasteiger partial charge < -0.3 is 4.98 Å². The minimum atomic E-state index is -3.79. The Balaban J connectivity index is 1.88. The Labute approximate surface area is 150 Å². The molecule has 3 heterocycles. The van der Waals surface area contributed by atoms with Gasteiger partial charge in [0, 0.05) is 12.7 Å². The molecule has 0 spiro atoms. The summed E-state index contributed by atoms with van der Waals surface area (Å²) in [5.41, 5.74) is 0.536. The smallest absolute Gasteiger partial charge is 0.265 e. The third-order valence-corrected chi connectivity index (χ3v) is 6.06. The van der Waals surface area contributed by atoms with Crippen molar-refractivity contribution in [3.8, 4) is 11.5 Å². The van der Waals surface area contributed by atoms with Gasteiger partial charge in [-0.15, -0.1) is 0 Å². The molecule has 0 atom stereocenters. The van der Waals surface area contributed by atoms with Crippen molar-refractivity contribution in [3.63, 3.8) is 0 Å². The normalized spacial score (nSPS) is 14.1. The largest absolute Gasteiger partial charge is 0.305 e. The number of sulfonamides is 1. The van der Waals surface area contributed by atoms with Gasteiger partial charge in [-0.2, -0.15) is 0 Å². The van der Waals surface area contributed by atoms with Crippen molar-refractivity contribution >= 4 is 15.8 Å². The number of nitrogens with zero attached hydrogens (tertiary/aromatic N) is 3. The van der Waals surface area contributed by atoms with Crippen LogP contribution in [0.15, 0.2) is 64.4 Å². The molecule has 0 amide bonds. The van der Waals surface area contributed by atoms with Gasteiger partial charge in [-0.25, -0.2) is 17.7 Å². The highest BCUT2D eigenvalue weighted by Crippen LogP contribution is 2.29. The highest BCUT2D eigenvalue weighted by molar-refractivity contribution is 7.92. The highest BCUT2D eigenvalue weighted by Gasteiger charge is 2.32. The van der Waals surface area contributed by atoms with Gasteiger partial charge in [-0.3, -0.25) is 9.78 Å². The Morgan fingerprint density at radius 2 is 1.81 bits per heavy atom. The van der Waals surface area contributed by atoms with Crippen LogP contribution in [-0.2, 0) is 16.4 Å². The molecule has 1 aliphatic heterocycles. The fraction of sp³-hybridized carbons (Fsp3) is 0.167. The van der Waals surface area contributed by atoms with E-state index in [1.54, 1.807) is 42.6 Å². The summed E-state index contributed by atoms with van der Waals surface area (Å²) in [5, 5.41) is 0. The van der Waals surface area contributed by atoms with E-state index in [0.717, 1.165) is 0 Å². The lowest BCUT2D eigenvalue weighted by Gasteiger charge is -2.29. The number of hydrogen-bond donors (Lipinski definition) is 1. The van der Waals surface area contributed by atoms with Crippen LogP contribution in [0.4, 0.5) is 5.82 Å². The molecule has 0 unspecified atom stereocenters. The van der Waals surface area contributed by atoms with E-state index in [9.17, 15) is 13.2 Å². The maximum atomic E-state index is 13.1. The second-order valence-electron chi connectivity index (χ2n) is 5.93. The predicted molar refractivity (Wildman–Crippen MR) is 97.4 cm³/mol. The van der Waals surface area contributed by atoms with Crippen LogP contribution < -0.4 is 9.86 Å². The van der Waals surface area contributed by atoms with E-state index in [1.807, 2.05) is 0 Å². The Morgan fingerprint density at radius 3 is 2.54 bits per heavy atom. The van der Waals surface area contributed by atoms with Gasteiger partial charge in [0.1, 0.15) is 5.69 Å². The summed E-state index contributed by atoms with van der Waals surface area (Å²) in [6.07, 6.45) is 2.64. The Morgan fingerprint density at radius 1 is 1.04 bits per heavy atom. The van der Waals surface area contributed by atoms with E-state index in [0.29, 0.717) is 24.1 Å². The van der Waals surface area contributed by atoms with Crippen molar-refractivity contribution in [2.24, 2.45) is 0 Å². The molecular formula is C18H16N4O3S. The zero-order chi connectivity index (χ0) is 18.1. The number of aromatic amines is 1. The molecule has 1 aliphatic rings. The van der Waals surface area contributed by atoms with E-state index >= 15 is 0 Å². The topological polar surface area (TPSA) is 96.0 Å².